The van der Waals surface area contributed by atoms with E-state index < -0.39 is 6.10 Å². The summed E-state index contributed by atoms with van der Waals surface area (Å²) in [5, 5.41) is 5.82. The molecule has 0 fully saturated rings. The van der Waals surface area contributed by atoms with Crippen molar-refractivity contribution in [3.63, 3.8) is 0 Å². The fraction of sp³-hybridized carbons (Fsp3) is 0.300. The van der Waals surface area contributed by atoms with E-state index in [9.17, 15) is 4.79 Å². The van der Waals surface area contributed by atoms with Gasteiger partial charge in [-0.2, -0.15) is 12.6 Å². The number of benzene rings is 1. The predicted molar refractivity (Wildman–Crippen MR) is 62.6 cm³/mol. The van der Waals surface area contributed by atoms with E-state index >= 15 is 0 Å². The van der Waals surface area contributed by atoms with Crippen LogP contribution in [-0.2, 0) is 4.79 Å². The molecule has 0 saturated carbocycles. The molecule has 4 nitrogen and oxygen atoms in total. The first-order valence-corrected chi connectivity index (χ1v) is 5.30. The van der Waals surface area contributed by atoms with Gasteiger partial charge >= 0.3 is 0 Å². The standard InChI is InChI=1S/C10H12N2O2S/c1-6-10(13)12-8-4-7(11-5-15)2-3-9(8)14-6/h2-4,6,11,15H,5H2,1H3,(H,12,13). The molecular weight excluding hydrogens is 212 g/mol. The number of anilines is 2. The van der Waals surface area contributed by atoms with Crippen LogP contribution >= 0.6 is 12.6 Å². The summed E-state index contributed by atoms with van der Waals surface area (Å²) in [5.41, 5.74) is 1.60. The molecule has 1 atom stereocenters. The van der Waals surface area contributed by atoms with Crippen LogP contribution in [0.15, 0.2) is 18.2 Å². The Hall–Kier alpha value is -1.36. The second-order valence-electron chi connectivity index (χ2n) is 3.30. The Morgan fingerprint density at radius 3 is 3.13 bits per heavy atom. The van der Waals surface area contributed by atoms with Gasteiger partial charge in [-0.15, -0.1) is 0 Å². The Kier molecular flexibility index (Phi) is 2.73. The highest BCUT2D eigenvalue weighted by atomic mass is 32.1. The number of ether oxygens (including phenoxy) is 1. The van der Waals surface area contributed by atoms with E-state index in [1.165, 1.54) is 0 Å². The highest BCUT2D eigenvalue weighted by molar-refractivity contribution is 7.80. The van der Waals surface area contributed by atoms with Gasteiger partial charge in [0.25, 0.3) is 5.91 Å². The Bertz CT molecular complexity index is 395. The minimum atomic E-state index is -0.429. The van der Waals surface area contributed by atoms with Crippen molar-refractivity contribution in [3.05, 3.63) is 18.2 Å². The number of carbonyl (C=O) groups excluding carboxylic acids is 1. The Labute approximate surface area is 93.4 Å². The maximum Gasteiger partial charge on any atom is 0.265 e. The highest BCUT2D eigenvalue weighted by Crippen LogP contribution is 2.31. The van der Waals surface area contributed by atoms with Gasteiger partial charge in [0.05, 0.1) is 11.6 Å². The van der Waals surface area contributed by atoms with E-state index in [0.29, 0.717) is 17.3 Å². The molecular formula is C10H12N2O2S. The number of hydrogen-bond donors (Lipinski definition) is 3. The van der Waals surface area contributed by atoms with Crippen molar-refractivity contribution in [3.8, 4) is 5.75 Å². The number of hydrogen-bond acceptors (Lipinski definition) is 4. The van der Waals surface area contributed by atoms with Crippen molar-refractivity contribution in [1.82, 2.24) is 0 Å². The van der Waals surface area contributed by atoms with Crippen LogP contribution in [0, 0.1) is 0 Å². The minimum Gasteiger partial charge on any atom is -0.479 e. The molecule has 0 bridgehead atoms. The number of nitrogens with one attached hydrogen (secondary N) is 2. The van der Waals surface area contributed by atoms with Crippen LogP contribution in [0.4, 0.5) is 11.4 Å². The average molecular weight is 224 g/mol. The fourth-order valence-corrected chi connectivity index (χ4v) is 1.59. The zero-order valence-electron chi connectivity index (χ0n) is 8.28. The molecule has 1 unspecified atom stereocenters. The van der Waals surface area contributed by atoms with Crippen LogP contribution in [0.25, 0.3) is 0 Å². The van der Waals surface area contributed by atoms with Crippen LogP contribution in [0.2, 0.25) is 0 Å². The largest absolute Gasteiger partial charge is 0.479 e. The van der Waals surface area contributed by atoms with Crippen molar-refractivity contribution in [2.45, 2.75) is 13.0 Å². The van der Waals surface area contributed by atoms with Crippen molar-refractivity contribution < 1.29 is 9.53 Å². The third-order valence-electron chi connectivity index (χ3n) is 2.19. The molecule has 15 heavy (non-hydrogen) atoms. The Morgan fingerprint density at radius 1 is 1.60 bits per heavy atom. The average Bonchev–Trinajstić information content (AvgIpc) is 2.21. The maximum atomic E-state index is 11.4. The van der Waals surface area contributed by atoms with Crippen LogP contribution in [0.1, 0.15) is 6.92 Å². The van der Waals surface area contributed by atoms with E-state index in [4.69, 9.17) is 4.74 Å². The maximum absolute atomic E-state index is 11.4. The number of carbonyl (C=O) groups is 1. The van der Waals surface area contributed by atoms with Gasteiger partial charge in [0.2, 0.25) is 0 Å². The lowest BCUT2D eigenvalue weighted by molar-refractivity contribution is -0.122. The smallest absolute Gasteiger partial charge is 0.265 e. The SMILES string of the molecule is CC1Oc2ccc(NCS)cc2NC1=O. The zero-order valence-corrected chi connectivity index (χ0v) is 9.17. The van der Waals surface area contributed by atoms with Crippen molar-refractivity contribution >= 4 is 29.9 Å². The molecule has 0 aromatic heterocycles. The number of amides is 1. The number of thiol groups is 1. The second-order valence-corrected chi connectivity index (χ2v) is 3.61. The second kappa shape index (κ2) is 4.02. The quantitative estimate of drug-likeness (QED) is 0.529. The molecule has 80 valence electrons. The summed E-state index contributed by atoms with van der Waals surface area (Å²) >= 11 is 4.06. The molecule has 0 radical (unpaired) electrons. The summed E-state index contributed by atoms with van der Waals surface area (Å²) in [6.45, 7) is 1.72. The Balaban J connectivity index is 2.29. The first-order valence-electron chi connectivity index (χ1n) is 4.67. The molecule has 0 saturated heterocycles. The summed E-state index contributed by atoms with van der Waals surface area (Å²) < 4.78 is 5.42. The molecule has 1 aromatic rings. The monoisotopic (exact) mass is 224 g/mol. The molecule has 1 aromatic carbocycles. The van der Waals surface area contributed by atoms with Gasteiger partial charge in [-0.1, -0.05) is 0 Å². The molecule has 2 N–H and O–H groups in total. The van der Waals surface area contributed by atoms with E-state index in [1.807, 2.05) is 18.2 Å². The lowest BCUT2D eigenvalue weighted by Crippen LogP contribution is -2.34. The zero-order chi connectivity index (χ0) is 10.8. The molecule has 0 aliphatic carbocycles. The first kappa shape index (κ1) is 10.2. The van der Waals surface area contributed by atoms with Gasteiger partial charge in [-0.3, -0.25) is 4.79 Å². The van der Waals surface area contributed by atoms with Crippen LogP contribution in [-0.4, -0.2) is 17.9 Å². The van der Waals surface area contributed by atoms with Gasteiger partial charge in [-0.25, -0.2) is 0 Å². The third kappa shape index (κ3) is 2.02. The molecule has 0 spiro atoms. The summed E-state index contributed by atoms with van der Waals surface area (Å²) in [6.07, 6.45) is -0.429. The molecule has 1 amide bonds. The predicted octanol–water partition coefficient (Wildman–Crippen LogP) is 1.71. The molecule has 5 heteroatoms. The van der Waals surface area contributed by atoms with Crippen LogP contribution in [0.5, 0.6) is 5.75 Å². The van der Waals surface area contributed by atoms with Crippen molar-refractivity contribution in [2.24, 2.45) is 0 Å². The minimum absolute atomic E-state index is 0.120. The van der Waals surface area contributed by atoms with Gasteiger partial charge in [0.15, 0.2) is 6.10 Å². The number of rotatable bonds is 2. The van der Waals surface area contributed by atoms with Gasteiger partial charge in [-0.05, 0) is 25.1 Å². The summed E-state index contributed by atoms with van der Waals surface area (Å²) in [5.74, 6) is 1.13. The van der Waals surface area contributed by atoms with Gasteiger partial charge < -0.3 is 15.4 Å². The molecule has 1 aliphatic heterocycles. The summed E-state index contributed by atoms with van der Waals surface area (Å²) in [4.78, 5) is 11.4. The van der Waals surface area contributed by atoms with E-state index in [2.05, 4.69) is 23.3 Å². The van der Waals surface area contributed by atoms with Crippen molar-refractivity contribution in [2.75, 3.05) is 16.5 Å². The van der Waals surface area contributed by atoms with Crippen LogP contribution in [0.3, 0.4) is 0 Å². The number of fused-ring (bicyclic) bond motifs is 1. The summed E-state index contributed by atoms with van der Waals surface area (Å²) in [7, 11) is 0. The normalized spacial score (nSPS) is 18.8. The van der Waals surface area contributed by atoms with E-state index in [1.54, 1.807) is 6.92 Å². The van der Waals surface area contributed by atoms with Gasteiger partial charge in [0, 0.05) is 5.69 Å². The lowest BCUT2D eigenvalue weighted by Gasteiger charge is -2.23. The topological polar surface area (TPSA) is 50.4 Å². The molecule has 2 rings (SSSR count). The van der Waals surface area contributed by atoms with Gasteiger partial charge in [0.1, 0.15) is 5.75 Å². The lowest BCUT2D eigenvalue weighted by atomic mass is 10.2. The highest BCUT2D eigenvalue weighted by Gasteiger charge is 2.23. The fourth-order valence-electron chi connectivity index (χ4n) is 1.41. The van der Waals surface area contributed by atoms with E-state index in [-0.39, 0.29) is 5.91 Å². The molecule has 1 aliphatic rings. The van der Waals surface area contributed by atoms with Crippen LogP contribution < -0.4 is 15.4 Å². The summed E-state index contributed by atoms with van der Waals surface area (Å²) in [6, 6.07) is 5.55. The first-order chi connectivity index (χ1) is 7.20. The van der Waals surface area contributed by atoms with E-state index in [0.717, 1.165) is 5.69 Å². The Morgan fingerprint density at radius 2 is 2.40 bits per heavy atom. The van der Waals surface area contributed by atoms with Crippen molar-refractivity contribution in [1.29, 1.82) is 0 Å². The molecule has 1 heterocycles. The third-order valence-corrected chi connectivity index (χ3v) is 2.35.